The van der Waals surface area contributed by atoms with Gasteiger partial charge in [0.15, 0.2) is 11.6 Å². The van der Waals surface area contributed by atoms with Crippen LogP contribution in [0.4, 0.5) is 0 Å². The molecule has 28 nitrogen and oxygen atoms in total. The number of carbonyl (C=O) groups excluding carboxylic acids is 5. The Morgan fingerprint density at radius 3 is 1.11 bits per heavy atom. The number of nitrogens with zero attached hydrogens (tertiary/aromatic N) is 12. The number of piperidine rings is 10. The van der Waals surface area contributed by atoms with Gasteiger partial charge in [0.1, 0.15) is 50.1 Å². The Kier molecular flexibility index (Phi) is 61.6. The predicted molar refractivity (Wildman–Crippen MR) is 582 cm³/mol. The molecule has 2 atom stereocenters. The van der Waals surface area contributed by atoms with Gasteiger partial charge in [-0.25, -0.2) is 0 Å². The van der Waals surface area contributed by atoms with Crippen molar-refractivity contribution in [3.8, 4) is 11.5 Å². The van der Waals surface area contributed by atoms with E-state index in [2.05, 4.69) is 222 Å². The van der Waals surface area contributed by atoms with Gasteiger partial charge in [-0.3, -0.25) is 33.8 Å². The van der Waals surface area contributed by atoms with Crippen LogP contribution in [-0.2, 0) is 49.3 Å². The number of para-hydroxylation sites is 2. The molecule has 0 aliphatic carbocycles. The molecule has 3 aromatic carbocycles. The van der Waals surface area contributed by atoms with E-state index in [-0.39, 0.29) is 80.3 Å². The van der Waals surface area contributed by atoms with Crippen molar-refractivity contribution in [1.82, 2.24) is 69.8 Å². The van der Waals surface area contributed by atoms with E-state index in [1.165, 1.54) is 76.6 Å². The molecule has 4 aromatic rings. The molecule has 4 amide bonds. The van der Waals surface area contributed by atoms with Crippen molar-refractivity contribution in [3.05, 3.63) is 108 Å². The number of hydrogen-bond donors (Lipinski definition) is 3. The van der Waals surface area contributed by atoms with Gasteiger partial charge in [-0.05, 0) is 359 Å². The van der Waals surface area contributed by atoms with Crippen LogP contribution < -0.4 is 25.8 Å². The Bertz CT molecular complexity index is 3950. The van der Waals surface area contributed by atoms with Crippen molar-refractivity contribution in [2.24, 2.45) is 11.7 Å². The topological polar surface area (TPSA) is 271 Å². The number of carbonyl (C=O) groups is 5. The maximum Gasteiger partial charge on any atom is 0.251 e. The minimum absolute atomic E-state index is 0.00136. The highest BCUT2D eigenvalue weighted by atomic mass is 16.5. The third-order valence-electron chi connectivity index (χ3n) is 29.5. The van der Waals surface area contributed by atoms with E-state index in [9.17, 15) is 24.0 Å². The second-order valence-corrected chi connectivity index (χ2v) is 43.9. The van der Waals surface area contributed by atoms with Gasteiger partial charge in [0.2, 0.25) is 23.6 Å². The minimum atomic E-state index is -0.378. The van der Waals surface area contributed by atoms with E-state index in [1.54, 1.807) is 21.0 Å². The number of rotatable bonds is 32. The third kappa shape index (κ3) is 51.0. The summed E-state index contributed by atoms with van der Waals surface area (Å²) in [6.07, 6.45) is 27.0. The van der Waals surface area contributed by atoms with Crippen LogP contribution in [0.3, 0.4) is 0 Å². The van der Waals surface area contributed by atoms with Gasteiger partial charge in [0.05, 0.1) is 30.5 Å². The molecule has 14 rings (SSSR count). The number of nitrogens with one attached hydrogen (secondary N) is 2. The molecule has 10 saturated heterocycles. The average molecular weight is 2000 g/mol. The number of benzene rings is 3. The average Bonchev–Trinajstić information content (AvgIpc) is 1.63. The van der Waals surface area contributed by atoms with Crippen LogP contribution >= 0.6 is 0 Å². The summed E-state index contributed by atoms with van der Waals surface area (Å²) in [5, 5.41) is 9.21. The Labute approximate surface area is 867 Å². The third-order valence-corrected chi connectivity index (χ3v) is 29.5. The molecule has 2 unspecified atom stereocenters. The van der Waals surface area contributed by atoms with Crippen LogP contribution in [0.1, 0.15) is 327 Å². The SMILES string of the molecule is CC(=O)COC1CCCN(C(C)C)C1.CC(C)COC1CCN(C(C)C)CC1.CC(C)N1CCC(OCC(=O)N2CCCCC2)CC1.CC(C)N1CCC(OCC(N)=O)CC1.CC(C)N1CCC(Oc2ccccc2)CC1.CC(C)N1CCCC(Oc2ccccc2)C1.CCc1noc(C2CCN(C(C)C)CC2)n1.CNC(=O)COC1CCN(C(C)C)CC1.CNC(=O)c1cccc(C2CCN(C(C)C)CC2)c1. The fraction of sp³-hybridized carbons (Fsp3) is 0.783. The number of aryl methyl sites for hydroxylation is 1. The molecule has 0 bridgehead atoms. The number of aromatic nitrogens is 2. The second kappa shape index (κ2) is 70.4. The molecule has 10 aliphatic heterocycles. The number of likely N-dealkylation sites (tertiary alicyclic amines) is 10. The molecule has 4 N–H and O–H groups in total. The predicted octanol–water partition coefficient (Wildman–Crippen LogP) is 17.6. The molecule has 11 heterocycles. The van der Waals surface area contributed by atoms with Crippen LogP contribution in [0.5, 0.6) is 11.5 Å². The molecule has 816 valence electrons. The number of primary amides is 1. The van der Waals surface area contributed by atoms with Crippen LogP contribution in [0.2, 0.25) is 0 Å². The molecular formula is C115H203N15O13. The summed E-state index contributed by atoms with van der Waals surface area (Å²) in [5.41, 5.74) is 7.09. The fourth-order valence-electron chi connectivity index (χ4n) is 19.8. The lowest BCUT2D eigenvalue weighted by molar-refractivity contribution is -0.140. The maximum atomic E-state index is 12.0. The van der Waals surface area contributed by atoms with Crippen molar-refractivity contribution in [2.75, 3.05) is 178 Å². The van der Waals surface area contributed by atoms with E-state index in [0.717, 1.165) is 237 Å². The van der Waals surface area contributed by atoms with E-state index in [0.29, 0.717) is 90.4 Å². The molecule has 0 radical (unpaired) electrons. The molecule has 1 aromatic heterocycles. The van der Waals surface area contributed by atoms with Crippen molar-refractivity contribution in [2.45, 2.75) is 403 Å². The van der Waals surface area contributed by atoms with Gasteiger partial charge < -0.3 is 93.2 Å². The van der Waals surface area contributed by atoms with Crippen molar-refractivity contribution >= 4 is 29.4 Å². The number of amides is 4. The maximum absolute atomic E-state index is 12.0. The van der Waals surface area contributed by atoms with Gasteiger partial charge in [-0.1, -0.05) is 74.5 Å². The first-order valence-corrected chi connectivity index (χ1v) is 56.0. The number of hydrogen-bond acceptors (Lipinski definition) is 24. The number of nitrogens with two attached hydrogens (primary N) is 1. The minimum Gasteiger partial charge on any atom is -0.490 e. The van der Waals surface area contributed by atoms with Crippen molar-refractivity contribution < 1.29 is 61.7 Å². The van der Waals surface area contributed by atoms with Gasteiger partial charge in [0, 0.05) is 185 Å². The summed E-state index contributed by atoms with van der Waals surface area (Å²) in [5.74, 6) is 5.31. The summed E-state index contributed by atoms with van der Waals surface area (Å²) >= 11 is 0. The zero-order chi connectivity index (χ0) is 105. The van der Waals surface area contributed by atoms with Gasteiger partial charge in [0.25, 0.3) is 5.91 Å². The molecule has 10 aliphatic rings. The Morgan fingerprint density at radius 1 is 0.371 bits per heavy atom. The Morgan fingerprint density at radius 2 is 0.734 bits per heavy atom. The smallest absolute Gasteiger partial charge is 0.251 e. The standard InChI is InChI=1S/C16H24N2O.C15H28N2O2.2C14H21NO.C12H21N3O.C12H25NO.C11H22N2O2.C11H21NO2.C10H20N2O2/c1-12(2)18-9-7-13(8-10-18)14-5-4-6-15(11-14)16(19)17-3;1-13(2)16-10-6-14(7-11-16)19-12-15(18)17-8-4-3-5-9-17;1-12(2)15-10-6-9-14(11-15)16-13-7-4-3-5-8-13;1-12(2)15-10-8-14(9-11-15)16-13-6-4-3-5-7-13;1-4-11-13-12(16-14-11)10-5-7-15(8-6-10)9(2)3;1-10(2)9-14-12-5-7-13(8-6-12)11(3)4;1-9(2)13-6-4-10(5-7-13)15-8-11(14)12-3;1-9(2)12-6-4-5-11(7-12)14-8-10(3)13;1-8(2)12-5-3-9(4-6-12)14-7-10(11)13/h4-6,11-13H,7-10H2,1-3H3,(H,17,19);13-14H,3-12H2,1-2H3;3-5,7-8,12,14H,6,9-11H2,1-2H3;3-7,12,14H,8-11H2,1-2H3;9-10H,4-8H2,1-3H3;10-12H,5-9H2,1-4H3;9-10H,4-8H2,1-3H3,(H,12,14);9,11H,4-8H2,1-3H3;8-9H,3-7H2,1-2H3,(H2,11,13). The van der Waals surface area contributed by atoms with E-state index >= 15 is 0 Å². The summed E-state index contributed by atoms with van der Waals surface area (Å²) in [7, 11) is 3.31. The molecular weight excluding hydrogens is 1800 g/mol. The van der Waals surface area contributed by atoms with Crippen LogP contribution in [0, 0.1) is 5.92 Å². The molecule has 0 spiro atoms. The highest BCUT2D eigenvalue weighted by Crippen LogP contribution is 2.32. The number of ether oxygens (including phenoxy) is 7. The van der Waals surface area contributed by atoms with E-state index in [4.69, 9.17) is 43.4 Å². The van der Waals surface area contributed by atoms with Crippen LogP contribution in [0.15, 0.2) is 89.5 Å². The highest BCUT2D eigenvalue weighted by Gasteiger charge is 2.32. The summed E-state index contributed by atoms with van der Waals surface area (Å²) < 4.78 is 45.3. The lowest BCUT2D eigenvalue weighted by Gasteiger charge is -2.35. The zero-order valence-electron chi connectivity index (χ0n) is 94.0. The van der Waals surface area contributed by atoms with Crippen LogP contribution in [0.25, 0.3) is 0 Å². The summed E-state index contributed by atoms with van der Waals surface area (Å²) in [4.78, 5) is 84.7. The first-order valence-electron chi connectivity index (χ1n) is 56.0. The first kappa shape index (κ1) is 125. The van der Waals surface area contributed by atoms with Gasteiger partial charge in [-0.2, -0.15) is 4.98 Å². The highest BCUT2D eigenvalue weighted by molar-refractivity contribution is 5.94. The lowest BCUT2D eigenvalue weighted by atomic mass is 9.88. The Balaban J connectivity index is 0.000000247. The molecule has 0 saturated carbocycles. The lowest BCUT2D eigenvalue weighted by Crippen LogP contribution is -2.44. The van der Waals surface area contributed by atoms with Crippen molar-refractivity contribution in [1.29, 1.82) is 0 Å². The summed E-state index contributed by atoms with van der Waals surface area (Å²) in [6, 6.07) is 34.1. The quantitative estimate of drug-likeness (QED) is 0.0410. The molecule has 143 heavy (non-hydrogen) atoms. The number of ketones is 1. The largest absolute Gasteiger partial charge is 0.490 e. The summed E-state index contributed by atoms with van der Waals surface area (Å²) in [6.45, 7) is 72.2. The first-order chi connectivity index (χ1) is 68.4. The zero-order valence-corrected chi connectivity index (χ0v) is 94.0. The number of Topliss-reactive ketones (excluding diaryl/α,β-unsaturated/α-hetero) is 1. The number of likely N-dealkylation sites (N-methyl/N-ethyl adjacent to an activating group) is 1. The van der Waals surface area contributed by atoms with Crippen LogP contribution in [-0.4, -0.2) is 364 Å². The van der Waals surface area contributed by atoms with Gasteiger partial charge in [-0.15, -0.1) is 0 Å². The van der Waals surface area contributed by atoms with E-state index in [1.807, 2.05) is 77.7 Å². The van der Waals surface area contributed by atoms with Crippen molar-refractivity contribution in [3.63, 3.8) is 0 Å². The fourth-order valence-corrected chi connectivity index (χ4v) is 19.8. The normalized spacial score (nSPS) is 20.6. The monoisotopic (exact) mass is 2000 g/mol. The Hall–Kier alpha value is -6.61. The van der Waals surface area contributed by atoms with E-state index < -0.39 is 0 Å². The van der Waals surface area contributed by atoms with Gasteiger partial charge >= 0.3 is 0 Å². The second-order valence-electron chi connectivity index (χ2n) is 43.9. The molecule has 10 fully saturated rings. The molecule has 28 heteroatoms.